The van der Waals surface area contributed by atoms with Gasteiger partial charge in [-0.05, 0) is 85.8 Å². The summed E-state index contributed by atoms with van der Waals surface area (Å²) in [5, 5.41) is 5.44. The number of nitrogens with one attached hydrogen (secondary N) is 1. The molecule has 1 N–H and O–H groups in total. The van der Waals surface area contributed by atoms with Gasteiger partial charge in [0.05, 0.1) is 11.2 Å². The molecule has 1 aliphatic carbocycles. The first-order chi connectivity index (χ1) is 14.3. The van der Waals surface area contributed by atoms with Crippen LogP contribution in [0.4, 0.5) is 11.4 Å². The van der Waals surface area contributed by atoms with E-state index in [1.54, 1.807) is 0 Å². The number of hydrogen-bond acceptors (Lipinski definition) is 3. The van der Waals surface area contributed by atoms with Gasteiger partial charge in [-0.15, -0.1) is 0 Å². The molecule has 0 atom stereocenters. The van der Waals surface area contributed by atoms with Crippen LogP contribution in [0.3, 0.4) is 0 Å². The summed E-state index contributed by atoms with van der Waals surface area (Å²) < 4.78 is 5.90. The third-order valence-corrected chi connectivity index (χ3v) is 5.56. The maximum absolute atomic E-state index is 6.30. The Bertz CT molecular complexity index is 1160. The fourth-order valence-electron chi connectivity index (χ4n) is 3.91. The Hall–Kier alpha value is -3.04. The van der Waals surface area contributed by atoms with Crippen molar-refractivity contribution in [1.82, 2.24) is 4.98 Å². The van der Waals surface area contributed by atoms with E-state index >= 15 is 0 Å². The molecule has 29 heavy (non-hydrogen) atoms. The normalized spacial score (nSPS) is 13.1. The first kappa shape index (κ1) is 18.0. The van der Waals surface area contributed by atoms with E-state index in [-0.39, 0.29) is 0 Å². The van der Waals surface area contributed by atoms with Gasteiger partial charge in [0.25, 0.3) is 0 Å². The molecule has 0 saturated carbocycles. The molecule has 5 rings (SSSR count). The van der Waals surface area contributed by atoms with Gasteiger partial charge in [0, 0.05) is 21.8 Å². The molecule has 1 heterocycles. The zero-order chi connectivity index (χ0) is 19.6. The molecule has 3 aromatic carbocycles. The molecule has 0 bridgehead atoms. The molecule has 3 nitrogen and oxygen atoms in total. The summed E-state index contributed by atoms with van der Waals surface area (Å²) >= 11 is 6.30. The number of aryl methyl sites for hydroxylation is 1. The number of ether oxygens (including phenoxy) is 1. The quantitative estimate of drug-likeness (QED) is 0.390. The number of pyridine rings is 1. The maximum Gasteiger partial charge on any atom is 0.127 e. The van der Waals surface area contributed by atoms with Gasteiger partial charge >= 0.3 is 0 Å². The molecule has 4 heteroatoms. The minimum Gasteiger partial charge on any atom is -0.457 e. The Kier molecular flexibility index (Phi) is 4.82. The third-order valence-electron chi connectivity index (χ3n) is 5.33. The number of nitrogens with zero attached hydrogens (tertiary/aromatic N) is 1. The third kappa shape index (κ3) is 3.79. The van der Waals surface area contributed by atoms with E-state index in [1.807, 2.05) is 72.8 Å². The van der Waals surface area contributed by atoms with E-state index < -0.39 is 0 Å². The Morgan fingerprint density at radius 1 is 0.828 bits per heavy atom. The summed E-state index contributed by atoms with van der Waals surface area (Å²) in [5.41, 5.74) is 5.66. The predicted octanol–water partition coefficient (Wildman–Crippen LogP) is 7.30. The molecule has 1 aliphatic rings. The molecule has 0 aliphatic heterocycles. The van der Waals surface area contributed by atoms with E-state index in [4.69, 9.17) is 21.3 Å². The van der Waals surface area contributed by atoms with Gasteiger partial charge in [0.15, 0.2) is 0 Å². The summed E-state index contributed by atoms with van der Waals surface area (Å²) in [5.74, 6) is 1.64. The van der Waals surface area contributed by atoms with Gasteiger partial charge in [0.2, 0.25) is 0 Å². The largest absolute Gasteiger partial charge is 0.457 e. The lowest BCUT2D eigenvalue weighted by atomic mass is 9.92. The highest BCUT2D eigenvalue weighted by atomic mass is 35.5. The second-order valence-corrected chi connectivity index (χ2v) is 7.78. The van der Waals surface area contributed by atoms with Crippen molar-refractivity contribution in [1.29, 1.82) is 0 Å². The van der Waals surface area contributed by atoms with Crippen LogP contribution in [0.1, 0.15) is 24.1 Å². The first-order valence-electron chi connectivity index (χ1n) is 9.97. The average Bonchev–Trinajstić information content (AvgIpc) is 2.76. The monoisotopic (exact) mass is 400 g/mol. The highest BCUT2D eigenvalue weighted by Gasteiger charge is 2.18. The van der Waals surface area contributed by atoms with E-state index in [9.17, 15) is 0 Å². The summed E-state index contributed by atoms with van der Waals surface area (Å²) in [6.07, 6.45) is 4.47. The summed E-state index contributed by atoms with van der Waals surface area (Å²) in [6, 6.07) is 23.8. The molecule has 0 amide bonds. The molecule has 0 radical (unpaired) electrons. The second kappa shape index (κ2) is 7.76. The van der Waals surface area contributed by atoms with Crippen molar-refractivity contribution < 1.29 is 4.74 Å². The number of aromatic nitrogens is 1. The molecule has 0 unspecified atom stereocenters. The molecule has 0 saturated heterocycles. The van der Waals surface area contributed by atoms with Crippen molar-refractivity contribution in [2.75, 3.05) is 5.32 Å². The second-order valence-electron chi connectivity index (χ2n) is 7.35. The number of benzene rings is 3. The number of para-hydroxylation sites is 1. The van der Waals surface area contributed by atoms with Crippen molar-refractivity contribution in [3.8, 4) is 11.5 Å². The zero-order valence-electron chi connectivity index (χ0n) is 16.0. The number of hydrogen-bond donors (Lipinski definition) is 1. The lowest BCUT2D eigenvalue weighted by molar-refractivity contribution is 0.483. The van der Waals surface area contributed by atoms with Crippen LogP contribution >= 0.6 is 11.6 Å². The molecule has 4 aromatic rings. The first-order valence-corrected chi connectivity index (χ1v) is 10.3. The average molecular weight is 401 g/mol. The van der Waals surface area contributed by atoms with E-state index in [0.29, 0.717) is 0 Å². The minimum atomic E-state index is 0.727. The van der Waals surface area contributed by atoms with Gasteiger partial charge in [0.1, 0.15) is 11.5 Å². The predicted molar refractivity (Wildman–Crippen MR) is 120 cm³/mol. The Morgan fingerprint density at radius 2 is 1.59 bits per heavy atom. The molecular weight excluding hydrogens is 380 g/mol. The number of anilines is 2. The number of halogens is 1. The topological polar surface area (TPSA) is 34.2 Å². The van der Waals surface area contributed by atoms with Gasteiger partial charge in [-0.3, -0.25) is 4.98 Å². The fourth-order valence-corrected chi connectivity index (χ4v) is 4.09. The van der Waals surface area contributed by atoms with E-state index in [0.717, 1.165) is 51.6 Å². The van der Waals surface area contributed by atoms with Crippen molar-refractivity contribution in [3.05, 3.63) is 89.1 Å². The van der Waals surface area contributed by atoms with Crippen LogP contribution in [0.15, 0.2) is 72.8 Å². The van der Waals surface area contributed by atoms with Crippen LogP contribution in [-0.2, 0) is 12.8 Å². The lowest BCUT2D eigenvalue weighted by Crippen LogP contribution is -2.09. The zero-order valence-corrected chi connectivity index (χ0v) is 16.7. The van der Waals surface area contributed by atoms with Crippen LogP contribution in [0.2, 0.25) is 5.02 Å². The SMILES string of the molecule is Clc1ccc2nc3c(c(Nc4ccc(Oc5ccccc5)cc4)c2c1)CCCC3. The van der Waals surface area contributed by atoms with E-state index in [2.05, 4.69) is 5.32 Å². The summed E-state index contributed by atoms with van der Waals surface area (Å²) in [4.78, 5) is 4.90. The van der Waals surface area contributed by atoms with Crippen LogP contribution in [0, 0.1) is 0 Å². The Labute approximate surface area is 175 Å². The van der Waals surface area contributed by atoms with Crippen LogP contribution < -0.4 is 10.1 Å². The number of fused-ring (bicyclic) bond motifs is 2. The fraction of sp³-hybridized carbons (Fsp3) is 0.160. The highest BCUT2D eigenvalue weighted by Crippen LogP contribution is 2.36. The van der Waals surface area contributed by atoms with Crippen LogP contribution in [0.25, 0.3) is 10.9 Å². The molecule has 0 spiro atoms. The highest BCUT2D eigenvalue weighted by molar-refractivity contribution is 6.31. The Balaban J connectivity index is 1.49. The van der Waals surface area contributed by atoms with Crippen molar-refractivity contribution in [2.45, 2.75) is 25.7 Å². The van der Waals surface area contributed by atoms with Gasteiger partial charge < -0.3 is 10.1 Å². The maximum atomic E-state index is 6.30. The smallest absolute Gasteiger partial charge is 0.127 e. The molecular formula is C25H21ClN2O. The number of rotatable bonds is 4. The van der Waals surface area contributed by atoms with Crippen LogP contribution in [-0.4, -0.2) is 4.98 Å². The molecule has 1 aromatic heterocycles. The molecule has 0 fully saturated rings. The van der Waals surface area contributed by atoms with Crippen molar-refractivity contribution in [3.63, 3.8) is 0 Å². The standard InChI is InChI=1S/C25H21ClN2O/c26-17-10-15-24-22(16-17)25(21-8-4-5-9-23(21)28-24)27-18-11-13-20(14-12-18)29-19-6-2-1-3-7-19/h1-3,6-7,10-16H,4-5,8-9H2,(H,27,28). The van der Waals surface area contributed by atoms with Gasteiger partial charge in [-0.25, -0.2) is 0 Å². The molecule has 144 valence electrons. The Morgan fingerprint density at radius 3 is 2.41 bits per heavy atom. The van der Waals surface area contributed by atoms with Crippen molar-refractivity contribution in [2.24, 2.45) is 0 Å². The van der Waals surface area contributed by atoms with Gasteiger partial charge in [-0.2, -0.15) is 0 Å². The van der Waals surface area contributed by atoms with Crippen molar-refractivity contribution >= 4 is 33.9 Å². The minimum absolute atomic E-state index is 0.727. The van der Waals surface area contributed by atoms with Crippen LogP contribution in [0.5, 0.6) is 11.5 Å². The lowest BCUT2D eigenvalue weighted by Gasteiger charge is -2.22. The summed E-state index contributed by atoms with van der Waals surface area (Å²) in [7, 11) is 0. The summed E-state index contributed by atoms with van der Waals surface area (Å²) in [6.45, 7) is 0. The van der Waals surface area contributed by atoms with Gasteiger partial charge in [-0.1, -0.05) is 29.8 Å². The van der Waals surface area contributed by atoms with E-state index in [1.165, 1.54) is 24.1 Å².